The SMILES string of the molecule is CCCCCCC1CCC(CCC(C)C)C1=O. The predicted octanol–water partition coefficient (Wildman–Crippen LogP) is 4.99. The number of unbranched alkanes of at least 4 members (excludes halogenated alkanes) is 3. The zero-order valence-electron chi connectivity index (χ0n) is 12.0. The van der Waals surface area contributed by atoms with E-state index in [2.05, 4.69) is 20.8 Å². The minimum Gasteiger partial charge on any atom is -0.299 e. The van der Waals surface area contributed by atoms with E-state index in [0.717, 1.165) is 18.8 Å². The summed E-state index contributed by atoms with van der Waals surface area (Å²) in [4.78, 5) is 12.2. The van der Waals surface area contributed by atoms with Crippen molar-refractivity contribution in [3.05, 3.63) is 0 Å². The molecule has 1 fully saturated rings. The lowest BCUT2D eigenvalue weighted by Gasteiger charge is -2.11. The van der Waals surface area contributed by atoms with E-state index in [4.69, 9.17) is 0 Å². The molecule has 2 atom stereocenters. The Morgan fingerprint density at radius 1 is 1.06 bits per heavy atom. The number of carbonyl (C=O) groups is 1. The fraction of sp³-hybridized carbons (Fsp3) is 0.938. The minimum atomic E-state index is 0.411. The second-order valence-corrected chi connectivity index (χ2v) is 6.19. The molecule has 0 aromatic heterocycles. The number of ketones is 1. The van der Waals surface area contributed by atoms with E-state index in [1.165, 1.54) is 44.9 Å². The Morgan fingerprint density at radius 3 is 2.29 bits per heavy atom. The van der Waals surface area contributed by atoms with Crippen LogP contribution in [0.5, 0.6) is 0 Å². The molecule has 100 valence electrons. The van der Waals surface area contributed by atoms with Crippen molar-refractivity contribution >= 4 is 5.78 Å². The first-order chi connectivity index (χ1) is 8.15. The molecule has 1 nitrogen and oxygen atoms in total. The molecule has 1 aliphatic carbocycles. The van der Waals surface area contributed by atoms with Gasteiger partial charge in [-0.1, -0.05) is 52.9 Å². The average molecular weight is 238 g/mol. The molecule has 0 aliphatic heterocycles. The zero-order valence-corrected chi connectivity index (χ0v) is 12.0. The molecule has 0 radical (unpaired) electrons. The number of Topliss-reactive ketones (excluding diaryl/α,β-unsaturated/α-hetero) is 1. The summed E-state index contributed by atoms with van der Waals surface area (Å²) in [6.07, 6.45) is 11.1. The van der Waals surface area contributed by atoms with Gasteiger partial charge in [-0.3, -0.25) is 4.79 Å². The number of carbonyl (C=O) groups excluding carboxylic acids is 1. The van der Waals surface area contributed by atoms with Crippen molar-refractivity contribution in [2.75, 3.05) is 0 Å². The number of hydrogen-bond donors (Lipinski definition) is 0. The van der Waals surface area contributed by atoms with Crippen LogP contribution in [0.3, 0.4) is 0 Å². The Balaban J connectivity index is 2.19. The van der Waals surface area contributed by atoms with Gasteiger partial charge in [0, 0.05) is 11.8 Å². The van der Waals surface area contributed by atoms with Crippen molar-refractivity contribution in [3.63, 3.8) is 0 Å². The molecular formula is C16H30O. The van der Waals surface area contributed by atoms with Crippen LogP contribution < -0.4 is 0 Å². The summed E-state index contributed by atoms with van der Waals surface area (Å²) in [6.45, 7) is 6.74. The first-order valence-electron chi connectivity index (χ1n) is 7.68. The molecule has 0 bridgehead atoms. The van der Waals surface area contributed by atoms with Gasteiger partial charge in [-0.05, 0) is 31.6 Å². The van der Waals surface area contributed by atoms with E-state index in [1.54, 1.807) is 0 Å². The third-order valence-electron chi connectivity index (χ3n) is 4.17. The third kappa shape index (κ3) is 5.23. The number of rotatable bonds is 8. The highest BCUT2D eigenvalue weighted by atomic mass is 16.1. The molecule has 0 amide bonds. The molecule has 1 saturated carbocycles. The van der Waals surface area contributed by atoms with E-state index in [1.807, 2.05) is 0 Å². The van der Waals surface area contributed by atoms with E-state index in [-0.39, 0.29) is 0 Å². The van der Waals surface area contributed by atoms with Crippen LogP contribution in [-0.4, -0.2) is 5.78 Å². The monoisotopic (exact) mass is 238 g/mol. The van der Waals surface area contributed by atoms with Gasteiger partial charge in [-0.2, -0.15) is 0 Å². The lowest BCUT2D eigenvalue weighted by Crippen LogP contribution is -2.14. The van der Waals surface area contributed by atoms with Crippen LogP contribution in [0.1, 0.15) is 78.6 Å². The summed E-state index contributed by atoms with van der Waals surface area (Å²) in [5, 5.41) is 0. The lowest BCUT2D eigenvalue weighted by atomic mass is 9.92. The summed E-state index contributed by atoms with van der Waals surface area (Å²) in [5.74, 6) is 2.17. The van der Waals surface area contributed by atoms with E-state index >= 15 is 0 Å². The molecule has 2 unspecified atom stereocenters. The van der Waals surface area contributed by atoms with Crippen molar-refractivity contribution in [2.24, 2.45) is 17.8 Å². The molecule has 0 N–H and O–H groups in total. The Morgan fingerprint density at radius 2 is 1.71 bits per heavy atom. The Labute approximate surface area is 107 Å². The fourth-order valence-electron chi connectivity index (χ4n) is 2.95. The fourth-order valence-corrected chi connectivity index (χ4v) is 2.95. The van der Waals surface area contributed by atoms with E-state index < -0.39 is 0 Å². The molecule has 17 heavy (non-hydrogen) atoms. The lowest BCUT2D eigenvalue weighted by molar-refractivity contribution is -0.124. The summed E-state index contributed by atoms with van der Waals surface area (Å²) in [7, 11) is 0. The summed E-state index contributed by atoms with van der Waals surface area (Å²) < 4.78 is 0. The van der Waals surface area contributed by atoms with Crippen LogP contribution in [0.15, 0.2) is 0 Å². The van der Waals surface area contributed by atoms with Gasteiger partial charge in [0.25, 0.3) is 0 Å². The maximum atomic E-state index is 12.2. The van der Waals surface area contributed by atoms with Gasteiger partial charge in [0.1, 0.15) is 5.78 Å². The molecular weight excluding hydrogens is 208 g/mol. The first kappa shape index (κ1) is 14.7. The largest absolute Gasteiger partial charge is 0.299 e. The molecule has 0 saturated heterocycles. The third-order valence-corrected chi connectivity index (χ3v) is 4.17. The van der Waals surface area contributed by atoms with Crippen molar-refractivity contribution in [1.29, 1.82) is 0 Å². The Hall–Kier alpha value is -0.330. The van der Waals surface area contributed by atoms with Crippen molar-refractivity contribution < 1.29 is 4.79 Å². The van der Waals surface area contributed by atoms with Crippen LogP contribution in [0.4, 0.5) is 0 Å². The standard InChI is InChI=1S/C16H30O/c1-4-5-6-7-8-14-11-12-15(16(14)17)10-9-13(2)3/h13-15H,4-12H2,1-3H3. The summed E-state index contributed by atoms with van der Waals surface area (Å²) in [6, 6.07) is 0. The second-order valence-electron chi connectivity index (χ2n) is 6.19. The summed E-state index contributed by atoms with van der Waals surface area (Å²) in [5.41, 5.74) is 0. The van der Waals surface area contributed by atoms with E-state index in [9.17, 15) is 4.79 Å². The van der Waals surface area contributed by atoms with Gasteiger partial charge in [0.15, 0.2) is 0 Å². The van der Waals surface area contributed by atoms with Crippen molar-refractivity contribution in [3.8, 4) is 0 Å². The Bertz CT molecular complexity index is 220. The van der Waals surface area contributed by atoms with Gasteiger partial charge in [0.05, 0.1) is 0 Å². The normalized spacial score (nSPS) is 24.8. The molecule has 0 aromatic carbocycles. The van der Waals surface area contributed by atoms with Crippen molar-refractivity contribution in [1.82, 2.24) is 0 Å². The van der Waals surface area contributed by atoms with Gasteiger partial charge >= 0.3 is 0 Å². The van der Waals surface area contributed by atoms with E-state index in [0.29, 0.717) is 17.6 Å². The predicted molar refractivity (Wildman–Crippen MR) is 74.1 cm³/mol. The molecule has 1 heteroatoms. The minimum absolute atomic E-state index is 0.411. The highest BCUT2D eigenvalue weighted by Gasteiger charge is 2.32. The molecule has 1 rings (SSSR count). The smallest absolute Gasteiger partial charge is 0.139 e. The summed E-state index contributed by atoms with van der Waals surface area (Å²) >= 11 is 0. The highest BCUT2D eigenvalue weighted by Crippen LogP contribution is 2.34. The quantitative estimate of drug-likeness (QED) is 0.544. The van der Waals surface area contributed by atoms with Gasteiger partial charge < -0.3 is 0 Å². The number of hydrogen-bond acceptors (Lipinski definition) is 1. The maximum Gasteiger partial charge on any atom is 0.139 e. The van der Waals surface area contributed by atoms with Crippen LogP contribution in [0.2, 0.25) is 0 Å². The van der Waals surface area contributed by atoms with Gasteiger partial charge in [-0.15, -0.1) is 0 Å². The average Bonchev–Trinajstić information content (AvgIpc) is 2.63. The maximum absolute atomic E-state index is 12.2. The van der Waals surface area contributed by atoms with Crippen LogP contribution in [0.25, 0.3) is 0 Å². The topological polar surface area (TPSA) is 17.1 Å². The van der Waals surface area contributed by atoms with Crippen LogP contribution in [0, 0.1) is 17.8 Å². The van der Waals surface area contributed by atoms with Crippen LogP contribution >= 0.6 is 0 Å². The zero-order chi connectivity index (χ0) is 12.7. The second kappa shape index (κ2) is 7.89. The molecule has 0 heterocycles. The van der Waals surface area contributed by atoms with Gasteiger partial charge in [0.2, 0.25) is 0 Å². The van der Waals surface area contributed by atoms with Crippen molar-refractivity contribution in [2.45, 2.75) is 78.6 Å². The molecule has 1 aliphatic rings. The Kier molecular flexibility index (Phi) is 6.84. The van der Waals surface area contributed by atoms with Gasteiger partial charge in [-0.25, -0.2) is 0 Å². The molecule has 0 aromatic rings. The van der Waals surface area contributed by atoms with Crippen LogP contribution in [-0.2, 0) is 4.79 Å². The highest BCUT2D eigenvalue weighted by molar-refractivity contribution is 5.85. The first-order valence-corrected chi connectivity index (χ1v) is 7.68. The molecule has 0 spiro atoms.